The fourth-order valence-electron chi connectivity index (χ4n) is 1.60. The molecule has 1 aromatic rings. The second kappa shape index (κ2) is 6.17. The number of nitrogens with one attached hydrogen (secondary N) is 1. The molecule has 0 bridgehead atoms. The summed E-state index contributed by atoms with van der Waals surface area (Å²) in [4.78, 5) is 34.4. The first-order valence-electron chi connectivity index (χ1n) is 6.07. The van der Waals surface area contributed by atoms with Crippen molar-refractivity contribution in [2.75, 3.05) is 0 Å². The van der Waals surface area contributed by atoms with E-state index in [-0.39, 0.29) is 17.0 Å². The van der Waals surface area contributed by atoms with Gasteiger partial charge in [0.05, 0.1) is 0 Å². The molecule has 1 heterocycles. The van der Waals surface area contributed by atoms with E-state index in [9.17, 15) is 14.4 Å². The quantitative estimate of drug-likeness (QED) is 0.817. The molecule has 0 saturated heterocycles. The average Bonchev–Trinajstić information content (AvgIpc) is 2.37. The molecule has 0 aromatic carbocycles. The van der Waals surface area contributed by atoms with Gasteiger partial charge in [0, 0.05) is 24.9 Å². The molecule has 0 fully saturated rings. The molecule has 2 atom stereocenters. The summed E-state index contributed by atoms with van der Waals surface area (Å²) in [6.07, 6.45) is 2.10. The number of hydrogen-bond acceptors (Lipinski definition) is 3. The number of carbonyl (C=O) groups is 2. The lowest BCUT2D eigenvalue weighted by atomic mass is 9.99. The fraction of sp³-hybridized carbons (Fsp3) is 0.462. The number of carboxylic acid groups (broad SMARTS) is 1. The Morgan fingerprint density at radius 2 is 2.11 bits per heavy atom. The van der Waals surface area contributed by atoms with Crippen LogP contribution in [0.15, 0.2) is 23.1 Å². The standard InChI is InChI=1S/C13H18N2O4/c1-4-8(2)11(13(18)19)14-12(17)9-5-6-15(3)10(16)7-9/h5-8,11H,4H2,1-3H3,(H,14,17)(H,18,19)/t8-,11-/m1/s1. The maximum atomic E-state index is 11.9. The van der Waals surface area contributed by atoms with E-state index in [4.69, 9.17) is 5.11 Å². The number of rotatable bonds is 5. The Hall–Kier alpha value is -2.11. The summed E-state index contributed by atoms with van der Waals surface area (Å²) in [5.74, 6) is -1.81. The molecule has 1 rings (SSSR count). The first-order valence-corrected chi connectivity index (χ1v) is 6.07. The van der Waals surface area contributed by atoms with Crippen LogP contribution < -0.4 is 10.9 Å². The van der Waals surface area contributed by atoms with Crippen LogP contribution in [0, 0.1) is 5.92 Å². The Morgan fingerprint density at radius 3 is 2.58 bits per heavy atom. The number of amides is 1. The van der Waals surface area contributed by atoms with Gasteiger partial charge < -0.3 is 15.0 Å². The molecule has 0 aliphatic rings. The lowest BCUT2D eigenvalue weighted by Gasteiger charge is -2.20. The molecule has 0 unspecified atom stereocenters. The highest BCUT2D eigenvalue weighted by Crippen LogP contribution is 2.09. The fourth-order valence-corrected chi connectivity index (χ4v) is 1.60. The molecule has 0 aliphatic heterocycles. The van der Waals surface area contributed by atoms with Crippen LogP contribution in [0.25, 0.3) is 0 Å². The first kappa shape index (κ1) is 14.9. The molecule has 2 N–H and O–H groups in total. The number of pyridine rings is 1. The van der Waals surface area contributed by atoms with Crippen molar-refractivity contribution in [3.63, 3.8) is 0 Å². The van der Waals surface area contributed by atoms with E-state index in [0.29, 0.717) is 6.42 Å². The third-order valence-electron chi connectivity index (χ3n) is 3.13. The molecule has 1 aromatic heterocycles. The normalized spacial score (nSPS) is 13.6. The molecule has 0 spiro atoms. The number of aryl methyl sites for hydroxylation is 1. The van der Waals surface area contributed by atoms with Crippen LogP contribution >= 0.6 is 0 Å². The van der Waals surface area contributed by atoms with Gasteiger partial charge in [-0.3, -0.25) is 9.59 Å². The van der Waals surface area contributed by atoms with Crippen LogP contribution in [-0.4, -0.2) is 27.6 Å². The van der Waals surface area contributed by atoms with Gasteiger partial charge in [-0.15, -0.1) is 0 Å². The number of aromatic nitrogens is 1. The van der Waals surface area contributed by atoms with Crippen LogP contribution in [0.3, 0.4) is 0 Å². The highest BCUT2D eigenvalue weighted by Gasteiger charge is 2.25. The highest BCUT2D eigenvalue weighted by molar-refractivity contribution is 5.96. The third kappa shape index (κ3) is 3.67. The molecular formula is C13H18N2O4. The number of nitrogens with zero attached hydrogens (tertiary/aromatic N) is 1. The largest absolute Gasteiger partial charge is 0.480 e. The molecule has 19 heavy (non-hydrogen) atoms. The Morgan fingerprint density at radius 1 is 1.47 bits per heavy atom. The lowest BCUT2D eigenvalue weighted by molar-refractivity contribution is -0.140. The summed E-state index contributed by atoms with van der Waals surface area (Å²) in [6, 6.07) is 1.71. The SMILES string of the molecule is CC[C@@H](C)[C@@H](NC(=O)c1ccn(C)c(=O)c1)C(=O)O. The molecule has 104 valence electrons. The predicted octanol–water partition coefficient (Wildman–Crippen LogP) is 0.614. The number of hydrogen-bond donors (Lipinski definition) is 2. The van der Waals surface area contributed by atoms with Crippen molar-refractivity contribution in [2.45, 2.75) is 26.3 Å². The van der Waals surface area contributed by atoms with Crippen molar-refractivity contribution in [3.05, 3.63) is 34.2 Å². The maximum absolute atomic E-state index is 11.9. The van der Waals surface area contributed by atoms with Crippen molar-refractivity contribution in [2.24, 2.45) is 13.0 Å². The van der Waals surface area contributed by atoms with Crippen molar-refractivity contribution >= 4 is 11.9 Å². The van der Waals surface area contributed by atoms with E-state index in [1.54, 1.807) is 14.0 Å². The van der Waals surface area contributed by atoms with Crippen LogP contribution in [-0.2, 0) is 11.8 Å². The van der Waals surface area contributed by atoms with Crippen LogP contribution in [0.4, 0.5) is 0 Å². The van der Waals surface area contributed by atoms with Gasteiger partial charge in [-0.1, -0.05) is 20.3 Å². The molecule has 1 amide bonds. The minimum absolute atomic E-state index is 0.164. The van der Waals surface area contributed by atoms with Crippen molar-refractivity contribution in [1.29, 1.82) is 0 Å². The number of carbonyl (C=O) groups excluding carboxylic acids is 1. The molecule has 6 nitrogen and oxygen atoms in total. The summed E-state index contributed by atoms with van der Waals surface area (Å²) >= 11 is 0. The summed E-state index contributed by atoms with van der Waals surface area (Å²) in [5, 5.41) is 11.5. The van der Waals surface area contributed by atoms with Crippen molar-refractivity contribution in [3.8, 4) is 0 Å². The maximum Gasteiger partial charge on any atom is 0.326 e. The van der Waals surface area contributed by atoms with Gasteiger partial charge >= 0.3 is 5.97 Å². The van der Waals surface area contributed by atoms with Crippen LogP contribution in [0.2, 0.25) is 0 Å². The molecule has 0 radical (unpaired) electrons. The van der Waals surface area contributed by atoms with Gasteiger partial charge in [0.25, 0.3) is 11.5 Å². The van der Waals surface area contributed by atoms with Gasteiger partial charge in [-0.05, 0) is 12.0 Å². The van der Waals surface area contributed by atoms with E-state index in [0.717, 1.165) is 0 Å². The zero-order valence-corrected chi connectivity index (χ0v) is 11.2. The Balaban J connectivity index is 2.91. The highest BCUT2D eigenvalue weighted by atomic mass is 16.4. The van der Waals surface area contributed by atoms with E-state index in [2.05, 4.69) is 5.32 Å². The summed E-state index contributed by atoms with van der Waals surface area (Å²) in [5.41, 5.74) is -0.152. The van der Waals surface area contributed by atoms with Crippen LogP contribution in [0.1, 0.15) is 30.6 Å². The molecule has 6 heteroatoms. The predicted molar refractivity (Wildman–Crippen MR) is 70.0 cm³/mol. The smallest absolute Gasteiger partial charge is 0.326 e. The zero-order chi connectivity index (χ0) is 14.6. The van der Waals surface area contributed by atoms with Crippen molar-refractivity contribution in [1.82, 2.24) is 9.88 Å². The van der Waals surface area contributed by atoms with E-state index in [1.165, 1.54) is 22.9 Å². The van der Waals surface area contributed by atoms with Gasteiger partial charge in [0.1, 0.15) is 6.04 Å². The Bertz CT molecular complexity index is 536. The summed E-state index contributed by atoms with van der Waals surface area (Å²) < 4.78 is 1.33. The zero-order valence-electron chi connectivity index (χ0n) is 11.2. The summed E-state index contributed by atoms with van der Waals surface area (Å²) in [6.45, 7) is 3.61. The minimum atomic E-state index is -1.08. The van der Waals surface area contributed by atoms with Gasteiger partial charge in [-0.2, -0.15) is 0 Å². The molecule has 0 saturated carbocycles. The minimum Gasteiger partial charge on any atom is -0.480 e. The number of carboxylic acids is 1. The van der Waals surface area contributed by atoms with E-state index in [1.807, 2.05) is 6.92 Å². The van der Waals surface area contributed by atoms with Crippen LogP contribution in [0.5, 0.6) is 0 Å². The Kier molecular flexibility index (Phi) is 4.86. The van der Waals surface area contributed by atoms with Crippen molar-refractivity contribution < 1.29 is 14.7 Å². The summed E-state index contributed by atoms with van der Waals surface area (Å²) in [7, 11) is 1.57. The monoisotopic (exact) mass is 266 g/mol. The van der Waals surface area contributed by atoms with Gasteiger partial charge in [0.2, 0.25) is 0 Å². The second-order valence-electron chi connectivity index (χ2n) is 4.54. The van der Waals surface area contributed by atoms with Gasteiger partial charge in [0.15, 0.2) is 0 Å². The van der Waals surface area contributed by atoms with E-state index < -0.39 is 17.9 Å². The first-order chi connectivity index (χ1) is 8.86. The van der Waals surface area contributed by atoms with Gasteiger partial charge in [-0.25, -0.2) is 4.79 Å². The second-order valence-corrected chi connectivity index (χ2v) is 4.54. The third-order valence-corrected chi connectivity index (χ3v) is 3.13. The Labute approximate surface area is 111 Å². The lowest BCUT2D eigenvalue weighted by Crippen LogP contribution is -2.45. The van der Waals surface area contributed by atoms with E-state index >= 15 is 0 Å². The number of aliphatic carboxylic acids is 1. The average molecular weight is 266 g/mol. The topological polar surface area (TPSA) is 88.4 Å². The molecule has 0 aliphatic carbocycles. The molecular weight excluding hydrogens is 248 g/mol.